The van der Waals surface area contributed by atoms with Crippen molar-refractivity contribution in [2.24, 2.45) is 10.7 Å². The first kappa shape index (κ1) is 9.54. The standard InChI is InChI=1S/C5H8I2N2/c1-4(6)5(7-2)9-3-8/h3H,2H2,1H3,(H2,8,9)/b5-4+. The Balaban J connectivity index is 4.34. The normalized spacial score (nSPS) is 14.0. The quantitative estimate of drug-likeness (QED) is 0.352. The van der Waals surface area contributed by atoms with Crippen molar-refractivity contribution in [3.8, 4) is 0 Å². The summed E-state index contributed by atoms with van der Waals surface area (Å²) >= 11 is 2.06. The maximum Gasteiger partial charge on any atom is 0.105 e. The van der Waals surface area contributed by atoms with E-state index in [4.69, 9.17) is 5.73 Å². The van der Waals surface area contributed by atoms with Gasteiger partial charge in [0, 0.05) is 3.58 Å². The largest absolute Gasteiger partial charge is 0.390 e. The SMILES string of the molecule is C=I/C(N=CN)=C(/C)I. The van der Waals surface area contributed by atoms with Gasteiger partial charge in [-0.25, -0.2) is 4.99 Å². The van der Waals surface area contributed by atoms with E-state index in [1.165, 1.54) is 9.92 Å². The number of allylic oxidation sites excluding steroid dienone is 1. The molecule has 0 amide bonds. The first-order valence-corrected chi connectivity index (χ1v) is 5.89. The van der Waals surface area contributed by atoms with Gasteiger partial charge in [0.05, 0.1) is 6.34 Å². The van der Waals surface area contributed by atoms with Gasteiger partial charge in [0.2, 0.25) is 0 Å². The minimum Gasteiger partial charge on any atom is -0.390 e. The summed E-state index contributed by atoms with van der Waals surface area (Å²) in [5.41, 5.74) is 5.10. The lowest BCUT2D eigenvalue weighted by Crippen LogP contribution is -1.87. The van der Waals surface area contributed by atoms with E-state index in [1.54, 1.807) is 0 Å². The fourth-order valence-electron chi connectivity index (χ4n) is 0.281. The second-order valence-corrected chi connectivity index (χ2v) is 4.64. The van der Waals surface area contributed by atoms with Crippen LogP contribution in [0.15, 0.2) is 12.3 Å². The van der Waals surface area contributed by atoms with Crippen molar-refractivity contribution in [3.05, 3.63) is 7.28 Å². The molecule has 0 aromatic carbocycles. The van der Waals surface area contributed by atoms with Crippen LogP contribution < -0.4 is 5.73 Å². The molecule has 9 heavy (non-hydrogen) atoms. The number of nitrogens with two attached hydrogens (primary N) is 1. The number of nitrogens with zero attached hydrogens (tertiary/aromatic N) is 1. The van der Waals surface area contributed by atoms with Crippen LogP contribution in [0.4, 0.5) is 0 Å². The zero-order valence-corrected chi connectivity index (χ0v) is 9.38. The number of halogens is 2. The first-order valence-electron chi connectivity index (χ1n) is 2.21. The molecular weight excluding hydrogens is 342 g/mol. The van der Waals surface area contributed by atoms with Crippen molar-refractivity contribution in [2.75, 3.05) is 0 Å². The van der Waals surface area contributed by atoms with E-state index in [0.29, 0.717) is 0 Å². The second kappa shape index (κ2) is 5.33. The van der Waals surface area contributed by atoms with Crippen LogP contribution in [-0.2, 0) is 0 Å². The van der Waals surface area contributed by atoms with Crippen LogP contribution in [0.1, 0.15) is 6.92 Å². The molecule has 0 aromatic rings. The molecule has 0 saturated heterocycles. The third-order valence-corrected chi connectivity index (χ3v) is 3.95. The van der Waals surface area contributed by atoms with E-state index in [0.717, 1.165) is 3.70 Å². The van der Waals surface area contributed by atoms with E-state index in [-0.39, 0.29) is 20.7 Å². The van der Waals surface area contributed by atoms with Crippen molar-refractivity contribution in [3.63, 3.8) is 0 Å². The summed E-state index contributed by atoms with van der Waals surface area (Å²) in [6, 6.07) is 0. The molecule has 0 unspecified atom stereocenters. The lowest BCUT2D eigenvalue weighted by molar-refractivity contribution is 1.49. The average molecular weight is 350 g/mol. The van der Waals surface area contributed by atoms with Crippen molar-refractivity contribution in [1.82, 2.24) is 0 Å². The molecule has 0 saturated carbocycles. The summed E-state index contributed by atoms with van der Waals surface area (Å²) in [6.45, 7) is 2.01. The Morgan fingerprint density at radius 2 is 2.44 bits per heavy atom. The van der Waals surface area contributed by atoms with Crippen molar-refractivity contribution < 1.29 is 0 Å². The zero-order chi connectivity index (χ0) is 7.28. The van der Waals surface area contributed by atoms with Crippen LogP contribution in [0.2, 0.25) is 0 Å². The molecular formula is C5H8I2N2. The summed E-state index contributed by atoms with van der Waals surface area (Å²) in [4.78, 5) is 3.95. The molecule has 0 aromatic heterocycles. The van der Waals surface area contributed by atoms with E-state index in [1.807, 2.05) is 6.92 Å². The van der Waals surface area contributed by atoms with E-state index >= 15 is 0 Å². The molecule has 0 radical (unpaired) electrons. The van der Waals surface area contributed by atoms with Gasteiger partial charge < -0.3 is 5.73 Å². The van der Waals surface area contributed by atoms with E-state index in [9.17, 15) is 0 Å². The summed E-state index contributed by atoms with van der Waals surface area (Å²) in [5, 5.41) is 0. The number of hydrogen-bond acceptors (Lipinski definition) is 1. The molecule has 2 N–H and O–H groups in total. The molecule has 0 spiro atoms. The fraction of sp³-hybridized carbons (Fsp3) is 0.200. The molecule has 0 aliphatic heterocycles. The smallest absolute Gasteiger partial charge is 0.105 e. The second-order valence-electron chi connectivity index (χ2n) is 1.24. The Labute approximate surface area is 78.5 Å². The van der Waals surface area contributed by atoms with Gasteiger partial charge in [-0.05, 0) is 29.5 Å². The maximum absolute atomic E-state index is 5.10. The monoisotopic (exact) mass is 350 g/mol. The lowest BCUT2D eigenvalue weighted by atomic mass is 10.7. The molecule has 0 aliphatic rings. The molecule has 0 rings (SSSR count). The fourth-order valence-corrected chi connectivity index (χ4v) is 2.27. The van der Waals surface area contributed by atoms with Gasteiger partial charge in [0.25, 0.3) is 0 Å². The molecule has 0 atom stereocenters. The molecule has 2 nitrogen and oxygen atoms in total. The van der Waals surface area contributed by atoms with Crippen LogP contribution in [0.5, 0.6) is 0 Å². The molecule has 0 bridgehead atoms. The number of aliphatic imine (C=N–C) groups is 1. The maximum atomic E-state index is 5.10. The van der Waals surface area contributed by atoms with Crippen LogP contribution in [-0.4, -0.2) is 10.9 Å². The topological polar surface area (TPSA) is 38.4 Å². The van der Waals surface area contributed by atoms with Crippen LogP contribution in [0.25, 0.3) is 0 Å². The van der Waals surface area contributed by atoms with Gasteiger partial charge in [-0.2, -0.15) is 0 Å². The Kier molecular flexibility index (Phi) is 5.65. The highest BCUT2D eigenvalue weighted by Crippen LogP contribution is 2.22. The van der Waals surface area contributed by atoms with Crippen LogP contribution >= 0.6 is 43.3 Å². The Morgan fingerprint density at radius 3 is 2.56 bits per heavy atom. The summed E-state index contributed by atoms with van der Waals surface area (Å²) in [6.07, 6.45) is 1.32. The van der Waals surface area contributed by atoms with Crippen LogP contribution in [0, 0.1) is 0 Å². The predicted molar refractivity (Wildman–Crippen MR) is 60.5 cm³/mol. The molecule has 0 aliphatic carbocycles. The summed E-state index contributed by atoms with van der Waals surface area (Å²) in [5.74, 6) is 0. The first-order chi connectivity index (χ1) is 4.22. The molecule has 52 valence electrons. The highest BCUT2D eigenvalue weighted by molar-refractivity contribution is 14.2. The van der Waals surface area contributed by atoms with E-state index in [2.05, 4.69) is 32.1 Å². The van der Waals surface area contributed by atoms with Gasteiger partial charge >= 0.3 is 0 Å². The Morgan fingerprint density at radius 1 is 1.89 bits per heavy atom. The van der Waals surface area contributed by atoms with Crippen molar-refractivity contribution >= 4 is 54.2 Å². The van der Waals surface area contributed by atoms with Gasteiger partial charge in [0.15, 0.2) is 0 Å². The van der Waals surface area contributed by atoms with Gasteiger partial charge in [-0.3, -0.25) is 0 Å². The van der Waals surface area contributed by atoms with Gasteiger partial charge in [-0.15, -0.1) is 0 Å². The Hall–Kier alpha value is 0.540. The zero-order valence-electron chi connectivity index (χ0n) is 5.06. The average Bonchev–Trinajstić information content (AvgIpc) is 1.82. The van der Waals surface area contributed by atoms with Crippen molar-refractivity contribution in [1.29, 1.82) is 0 Å². The van der Waals surface area contributed by atoms with Gasteiger partial charge in [0.1, 0.15) is 3.70 Å². The Bertz CT molecular complexity index is 156. The van der Waals surface area contributed by atoms with Crippen LogP contribution in [0.3, 0.4) is 0 Å². The molecule has 0 heterocycles. The van der Waals surface area contributed by atoms with Crippen molar-refractivity contribution in [2.45, 2.75) is 6.92 Å². The minimum absolute atomic E-state index is 0.161. The minimum atomic E-state index is -0.161. The highest BCUT2D eigenvalue weighted by atomic mass is 127. The van der Waals surface area contributed by atoms with Gasteiger partial charge in [-0.1, -0.05) is 25.2 Å². The summed E-state index contributed by atoms with van der Waals surface area (Å²) in [7, 11) is 0. The number of hydrogen-bond donors (Lipinski definition) is 1. The lowest BCUT2D eigenvalue weighted by Gasteiger charge is -1.90. The predicted octanol–water partition coefficient (Wildman–Crippen LogP) is 2.00. The third kappa shape index (κ3) is 4.01. The molecule has 0 fully saturated rings. The highest BCUT2D eigenvalue weighted by Gasteiger charge is 1.88. The molecule has 4 heteroatoms. The summed E-state index contributed by atoms with van der Waals surface area (Å²) < 4.78 is 6.06. The van der Waals surface area contributed by atoms with E-state index < -0.39 is 0 Å². The number of rotatable bonds is 2. The third-order valence-electron chi connectivity index (χ3n) is 0.599.